The number of unbranched alkanes of at least 4 members (excludes halogenated alkanes) is 3. The number of allylic oxidation sites excluding steroid dienone is 5. The maximum Gasteiger partial charge on any atom is 0.306 e. The van der Waals surface area contributed by atoms with Crippen molar-refractivity contribution in [1.82, 2.24) is 0 Å². The van der Waals surface area contributed by atoms with Crippen molar-refractivity contribution in [3.63, 3.8) is 0 Å². The quantitative estimate of drug-likeness (QED) is 0.0840. The van der Waals surface area contributed by atoms with Gasteiger partial charge >= 0.3 is 5.97 Å². The molecule has 1 aliphatic rings. The van der Waals surface area contributed by atoms with E-state index >= 15 is 0 Å². The summed E-state index contributed by atoms with van der Waals surface area (Å²) in [4.78, 5) is 37.8. The second-order valence-electron chi connectivity index (χ2n) is 9.36. The van der Waals surface area contributed by atoms with Crippen LogP contribution in [0.4, 0.5) is 0 Å². The number of nitrogens with zero attached hydrogens (tertiary/aromatic N) is 1. The second-order valence-corrected chi connectivity index (χ2v) is 9.36. The molecule has 37 heavy (non-hydrogen) atoms. The van der Waals surface area contributed by atoms with Crippen molar-refractivity contribution >= 4 is 11.9 Å². The maximum atomic E-state index is 12.5. The Hall–Kier alpha value is -3.42. The highest BCUT2D eigenvalue weighted by Gasteiger charge is 2.20. The van der Waals surface area contributed by atoms with Gasteiger partial charge in [0.15, 0.2) is 0 Å². The van der Waals surface area contributed by atoms with Crippen LogP contribution in [0, 0.1) is 22.0 Å². The van der Waals surface area contributed by atoms with Crippen LogP contribution < -0.4 is 5.73 Å². The smallest absolute Gasteiger partial charge is 0.306 e. The maximum absolute atomic E-state index is 12.5. The van der Waals surface area contributed by atoms with Crippen molar-refractivity contribution in [1.29, 1.82) is 0 Å². The number of nitrogens with two attached hydrogens (primary N) is 1. The van der Waals surface area contributed by atoms with Crippen LogP contribution in [0.2, 0.25) is 0 Å². The van der Waals surface area contributed by atoms with Crippen LogP contribution in [0.15, 0.2) is 66.8 Å². The predicted octanol–water partition coefficient (Wildman–Crippen LogP) is 5.65. The lowest BCUT2D eigenvalue weighted by Crippen LogP contribution is -2.18. The van der Waals surface area contributed by atoms with Crippen LogP contribution in [0.25, 0.3) is 0 Å². The first kappa shape index (κ1) is 29.8. The van der Waals surface area contributed by atoms with Crippen LogP contribution in [0.1, 0.15) is 69.8 Å². The number of hydrogen-bond donors (Lipinski definition) is 1. The highest BCUT2D eigenvalue weighted by molar-refractivity contribution is 5.73. The van der Waals surface area contributed by atoms with Crippen molar-refractivity contribution in [2.75, 3.05) is 6.61 Å². The summed E-state index contributed by atoms with van der Waals surface area (Å²) in [6.07, 6.45) is 20.2. The molecular weight excluding hydrogens is 472 g/mol. The molecule has 0 heterocycles. The lowest BCUT2D eigenvalue weighted by molar-refractivity contribution is -0.757. The number of amides is 1. The Balaban J connectivity index is 1.85. The molecule has 2 N–H and O–H groups in total. The van der Waals surface area contributed by atoms with E-state index in [2.05, 4.69) is 47.4 Å². The standard InChI is InChI=1S/C29H40N2O6/c30-28(32)17-8-2-1-7-14-25-15-11-16-26(25)20-22-27(21-19-24-12-5-3-6-13-24)37-29(33)18-9-4-10-23-36-31(34)35/h1,3,5-7,11-13,15,20,22,25-27H,2,4,8-10,14,16-19,21,23H2,(H2,30,32)/b7-1-,22-20+/t25-,26+,27-/m0/s1. The lowest BCUT2D eigenvalue weighted by Gasteiger charge is -2.18. The fourth-order valence-electron chi connectivity index (χ4n) is 4.30. The van der Waals surface area contributed by atoms with Gasteiger partial charge in [0.2, 0.25) is 5.91 Å². The van der Waals surface area contributed by atoms with E-state index < -0.39 is 5.09 Å². The van der Waals surface area contributed by atoms with E-state index in [1.807, 2.05) is 24.3 Å². The average Bonchev–Trinajstić information content (AvgIpc) is 3.32. The van der Waals surface area contributed by atoms with Gasteiger partial charge in [-0.25, -0.2) is 0 Å². The highest BCUT2D eigenvalue weighted by Crippen LogP contribution is 2.30. The predicted molar refractivity (Wildman–Crippen MR) is 143 cm³/mol. The van der Waals surface area contributed by atoms with Gasteiger partial charge in [-0.3, -0.25) is 9.59 Å². The zero-order valence-electron chi connectivity index (χ0n) is 21.5. The van der Waals surface area contributed by atoms with Gasteiger partial charge in [0.05, 0.1) is 6.61 Å². The third kappa shape index (κ3) is 14.0. The summed E-state index contributed by atoms with van der Waals surface area (Å²) < 4.78 is 5.82. The zero-order valence-corrected chi connectivity index (χ0v) is 21.5. The van der Waals surface area contributed by atoms with Gasteiger partial charge in [-0.2, -0.15) is 0 Å². The third-order valence-electron chi connectivity index (χ3n) is 6.35. The van der Waals surface area contributed by atoms with Gasteiger partial charge in [0.25, 0.3) is 5.09 Å². The van der Waals surface area contributed by atoms with Crippen molar-refractivity contribution < 1.29 is 24.3 Å². The van der Waals surface area contributed by atoms with Crippen LogP contribution in [0.3, 0.4) is 0 Å². The Morgan fingerprint density at radius 2 is 1.92 bits per heavy atom. The number of rotatable bonds is 19. The van der Waals surface area contributed by atoms with Crippen molar-refractivity contribution in [2.24, 2.45) is 17.6 Å². The monoisotopic (exact) mass is 512 g/mol. The first-order chi connectivity index (χ1) is 17.9. The first-order valence-electron chi connectivity index (χ1n) is 13.2. The number of esters is 1. The Kier molecular flexibility index (Phi) is 14.4. The minimum absolute atomic E-state index is 0.0453. The molecule has 8 heteroatoms. The third-order valence-corrected chi connectivity index (χ3v) is 6.35. The molecule has 1 aliphatic carbocycles. The molecule has 202 valence electrons. The molecule has 8 nitrogen and oxygen atoms in total. The molecule has 1 aromatic carbocycles. The minimum Gasteiger partial charge on any atom is -0.458 e. The van der Waals surface area contributed by atoms with E-state index in [9.17, 15) is 19.7 Å². The number of primary amides is 1. The Labute approximate surface area is 219 Å². The average molecular weight is 513 g/mol. The molecule has 0 saturated carbocycles. The molecule has 1 aromatic rings. The number of ether oxygens (including phenoxy) is 1. The summed E-state index contributed by atoms with van der Waals surface area (Å²) in [7, 11) is 0. The summed E-state index contributed by atoms with van der Waals surface area (Å²) in [5.74, 6) is 0.241. The number of carbonyl (C=O) groups excluding carboxylic acids is 2. The van der Waals surface area contributed by atoms with Gasteiger partial charge in [-0.1, -0.05) is 67.1 Å². The number of hydrogen-bond acceptors (Lipinski definition) is 6. The van der Waals surface area contributed by atoms with E-state index in [1.54, 1.807) is 0 Å². The zero-order chi connectivity index (χ0) is 26.7. The summed E-state index contributed by atoms with van der Waals surface area (Å²) in [6, 6.07) is 10.1. The molecule has 0 radical (unpaired) electrons. The van der Waals surface area contributed by atoms with Crippen molar-refractivity contribution in [3.8, 4) is 0 Å². The Bertz CT molecular complexity index is 912. The molecule has 0 saturated heterocycles. The SMILES string of the molecule is NC(=O)CCC/C=C\C[C@H]1C=CC[C@@H]1/C=C/[C@H](CCc1ccccc1)OC(=O)CCCCCO[N+](=O)[O-]. The molecular formula is C29H40N2O6. The fraction of sp³-hybridized carbons (Fsp3) is 0.517. The number of carbonyl (C=O) groups is 2. The highest BCUT2D eigenvalue weighted by atomic mass is 16.9. The van der Waals surface area contributed by atoms with Gasteiger partial charge in [-0.05, 0) is 74.8 Å². The summed E-state index contributed by atoms with van der Waals surface area (Å²) >= 11 is 0. The molecule has 0 aromatic heterocycles. The van der Waals surface area contributed by atoms with E-state index in [4.69, 9.17) is 10.5 Å². The fourth-order valence-corrected chi connectivity index (χ4v) is 4.30. The van der Waals surface area contributed by atoms with Gasteiger partial charge < -0.3 is 15.3 Å². The van der Waals surface area contributed by atoms with Gasteiger partial charge in [0, 0.05) is 12.8 Å². The largest absolute Gasteiger partial charge is 0.458 e. The van der Waals surface area contributed by atoms with E-state index in [0.717, 1.165) is 32.1 Å². The molecule has 0 spiro atoms. The van der Waals surface area contributed by atoms with Crippen molar-refractivity contribution in [3.05, 3.63) is 82.5 Å². The molecule has 0 aliphatic heterocycles. The molecule has 1 amide bonds. The van der Waals surface area contributed by atoms with Crippen LogP contribution in [0.5, 0.6) is 0 Å². The first-order valence-corrected chi connectivity index (χ1v) is 13.2. The molecule has 0 bridgehead atoms. The van der Waals surface area contributed by atoms with Crippen molar-refractivity contribution in [2.45, 2.75) is 76.7 Å². The minimum atomic E-state index is -0.800. The van der Waals surface area contributed by atoms with E-state index in [0.29, 0.717) is 43.9 Å². The molecule has 2 rings (SSSR count). The lowest BCUT2D eigenvalue weighted by atomic mass is 9.91. The van der Waals surface area contributed by atoms with Crippen LogP contribution >= 0.6 is 0 Å². The Morgan fingerprint density at radius 3 is 2.68 bits per heavy atom. The van der Waals surface area contributed by atoms with E-state index in [1.165, 1.54) is 5.56 Å². The van der Waals surface area contributed by atoms with E-state index in [-0.39, 0.29) is 31.0 Å². The molecule has 3 atom stereocenters. The van der Waals surface area contributed by atoms with Crippen LogP contribution in [-0.4, -0.2) is 29.7 Å². The molecule has 0 fully saturated rings. The second kappa shape index (κ2) is 17.9. The topological polar surface area (TPSA) is 122 Å². The summed E-state index contributed by atoms with van der Waals surface area (Å²) in [6.45, 7) is 0.0453. The van der Waals surface area contributed by atoms with Crippen LogP contribution in [-0.2, 0) is 25.6 Å². The molecule has 0 unspecified atom stereocenters. The summed E-state index contributed by atoms with van der Waals surface area (Å²) in [5.41, 5.74) is 6.38. The Morgan fingerprint density at radius 1 is 1.11 bits per heavy atom. The van der Waals surface area contributed by atoms with Gasteiger partial charge in [-0.15, -0.1) is 10.1 Å². The number of aryl methyl sites for hydroxylation is 1. The van der Waals surface area contributed by atoms with Gasteiger partial charge in [0.1, 0.15) is 6.10 Å². The number of benzene rings is 1. The summed E-state index contributed by atoms with van der Waals surface area (Å²) in [5, 5.41) is 9.39. The normalized spacial score (nSPS) is 17.8.